The summed E-state index contributed by atoms with van der Waals surface area (Å²) in [6.45, 7) is 0.631. The lowest BCUT2D eigenvalue weighted by atomic mass is 10.2. The van der Waals surface area contributed by atoms with Crippen molar-refractivity contribution in [3.63, 3.8) is 0 Å². The molecule has 3 N–H and O–H groups in total. The molecule has 0 unspecified atom stereocenters. The van der Waals surface area contributed by atoms with Crippen LogP contribution in [-0.4, -0.2) is 32.8 Å². The molecule has 0 spiro atoms. The lowest BCUT2D eigenvalue weighted by molar-refractivity contribution is 0.402. The molecule has 0 saturated carbocycles. The molecule has 8 heteroatoms. The predicted octanol–water partition coefficient (Wildman–Crippen LogP) is 0.938. The van der Waals surface area contributed by atoms with E-state index >= 15 is 0 Å². The molecule has 0 fully saturated rings. The maximum absolute atomic E-state index is 12.3. The summed E-state index contributed by atoms with van der Waals surface area (Å²) in [5, 5.41) is 9.23. The van der Waals surface area contributed by atoms with Crippen molar-refractivity contribution in [3.8, 4) is 5.75 Å². The Morgan fingerprint density at radius 2 is 2.20 bits per heavy atom. The minimum atomic E-state index is -3.71. The Kier molecular flexibility index (Phi) is 4.26. The van der Waals surface area contributed by atoms with Gasteiger partial charge in [-0.15, -0.1) is 0 Å². The quantitative estimate of drug-likeness (QED) is 0.737. The van der Waals surface area contributed by atoms with E-state index in [-0.39, 0.29) is 4.90 Å². The van der Waals surface area contributed by atoms with Gasteiger partial charge in [-0.25, -0.2) is 8.42 Å². The van der Waals surface area contributed by atoms with Gasteiger partial charge in [-0.2, -0.15) is 5.10 Å². The summed E-state index contributed by atoms with van der Waals surface area (Å²) in [5.41, 5.74) is 1.30. The summed E-state index contributed by atoms with van der Waals surface area (Å²) in [6, 6.07) is 4.96. The molecule has 0 radical (unpaired) electrons. The second-order valence-electron chi connectivity index (χ2n) is 4.11. The molecule has 0 aliphatic heterocycles. The van der Waals surface area contributed by atoms with Gasteiger partial charge >= 0.3 is 0 Å². The summed E-state index contributed by atoms with van der Waals surface area (Å²) >= 11 is 0. The van der Waals surface area contributed by atoms with Gasteiger partial charge in [0, 0.05) is 12.7 Å². The van der Waals surface area contributed by atoms with Crippen molar-refractivity contribution < 1.29 is 13.2 Å². The molecular weight excluding hydrogens is 280 g/mol. The number of sulfonamides is 1. The molecule has 7 nitrogen and oxygen atoms in total. The molecule has 0 aliphatic carbocycles. The average molecular weight is 296 g/mol. The number of benzene rings is 1. The average Bonchev–Trinajstić information content (AvgIpc) is 2.91. The Labute approximate surface area is 117 Å². The summed E-state index contributed by atoms with van der Waals surface area (Å²) in [4.78, 5) is 0.0843. The molecule has 2 rings (SSSR count). The third kappa shape index (κ3) is 3.09. The first-order chi connectivity index (χ1) is 9.56. The Balaban J connectivity index is 2.35. The van der Waals surface area contributed by atoms with Gasteiger partial charge in [-0.3, -0.25) is 9.82 Å². The minimum absolute atomic E-state index is 0.0843. The Morgan fingerprint density at radius 1 is 1.40 bits per heavy atom. The number of hydrogen-bond acceptors (Lipinski definition) is 5. The molecule has 2 aromatic rings. The lowest BCUT2D eigenvalue weighted by Gasteiger charge is -2.12. The zero-order valence-corrected chi connectivity index (χ0v) is 12.0. The van der Waals surface area contributed by atoms with E-state index in [9.17, 15) is 8.42 Å². The highest BCUT2D eigenvalue weighted by Gasteiger charge is 2.20. The molecule has 1 aromatic heterocycles. The van der Waals surface area contributed by atoms with Crippen LogP contribution in [0, 0.1) is 0 Å². The van der Waals surface area contributed by atoms with E-state index in [4.69, 9.17) is 4.74 Å². The maximum Gasteiger partial charge on any atom is 0.265 e. The van der Waals surface area contributed by atoms with Crippen LogP contribution in [0.5, 0.6) is 5.75 Å². The Hall–Kier alpha value is -2.06. The van der Waals surface area contributed by atoms with Gasteiger partial charge in [-0.1, -0.05) is 6.07 Å². The van der Waals surface area contributed by atoms with E-state index in [1.807, 2.05) is 7.05 Å². The van der Waals surface area contributed by atoms with Gasteiger partial charge in [0.2, 0.25) is 0 Å². The third-order valence-electron chi connectivity index (χ3n) is 2.65. The van der Waals surface area contributed by atoms with E-state index < -0.39 is 10.0 Å². The van der Waals surface area contributed by atoms with Crippen LogP contribution in [0.4, 0.5) is 5.69 Å². The van der Waals surface area contributed by atoms with Gasteiger partial charge in [0.15, 0.2) is 0 Å². The molecule has 0 saturated heterocycles. The molecule has 0 amide bonds. The van der Waals surface area contributed by atoms with Crippen molar-refractivity contribution in [2.75, 3.05) is 18.9 Å². The lowest BCUT2D eigenvalue weighted by Crippen LogP contribution is -2.14. The number of aromatic nitrogens is 2. The Bertz CT molecular complexity index is 668. The van der Waals surface area contributed by atoms with Crippen molar-refractivity contribution in [2.24, 2.45) is 0 Å². The first-order valence-corrected chi connectivity index (χ1v) is 7.38. The highest BCUT2D eigenvalue weighted by molar-refractivity contribution is 7.92. The van der Waals surface area contributed by atoms with Crippen LogP contribution in [-0.2, 0) is 16.6 Å². The monoisotopic (exact) mass is 296 g/mol. The van der Waals surface area contributed by atoms with E-state index in [0.29, 0.717) is 18.0 Å². The normalized spacial score (nSPS) is 11.3. The highest BCUT2D eigenvalue weighted by atomic mass is 32.2. The summed E-state index contributed by atoms with van der Waals surface area (Å²) in [6.07, 6.45) is 2.85. The summed E-state index contributed by atoms with van der Waals surface area (Å²) in [7, 11) is -0.456. The zero-order chi connectivity index (χ0) is 14.6. The number of rotatable bonds is 6. The van der Waals surface area contributed by atoms with Gasteiger partial charge in [-0.05, 0) is 24.7 Å². The zero-order valence-electron chi connectivity index (χ0n) is 11.2. The van der Waals surface area contributed by atoms with Crippen molar-refractivity contribution >= 4 is 15.7 Å². The van der Waals surface area contributed by atoms with Gasteiger partial charge in [0.05, 0.1) is 19.0 Å². The topological polar surface area (TPSA) is 96.1 Å². The molecule has 1 aromatic carbocycles. The van der Waals surface area contributed by atoms with E-state index in [0.717, 1.165) is 5.56 Å². The van der Waals surface area contributed by atoms with Crippen LogP contribution in [0.25, 0.3) is 0 Å². The van der Waals surface area contributed by atoms with Crippen molar-refractivity contribution in [1.82, 2.24) is 15.5 Å². The van der Waals surface area contributed by atoms with Crippen LogP contribution in [0.3, 0.4) is 0 Å². The van der Waals surface area contributed by atoms with Crippen molar-refractivity contribution in [1.29, 1.82) is 0 Å². The van der Waals surface area contributed by atoms with Gasteiger partial charge < -0.3 is 10.1 Å². The molecule has 108 valence electrons. The third-order valence-corrected chi connectivity index (χ3v) is 4.07. The fourth-order valence-electron chi connectivity index (χ4n) is 1.76. The molecule has 0 atom stereocenters. The second kappa shape index (κ2) is 5.93. The molecule has 0 aliphatic rings. The minimum Gasteiger partial charge on any atom is -0.495 e. The smallest absolute Gasteiger partial charge is 0.265 e. The number of methoxy groups -OCH3 is 1. The van der Waals surface area contributed by atoms with Crippen LogP contribution < -0.4 is 14.8 Å². The highest BCUT2D eigenvalue weighted by Crippen LogP contribution is 2.26. The molecule has 20 heavy (non-hydrogen) atoms. The number of aromatic amines is 1. The molecule has 0 bridgehead atoms. The van der Waals surface area contributed by atoms with Crippen LogP contribution in [0.15, 0.2) is 35.5 Å². The van der Waals surface area contributed by atoms with Crippen molar-refractivity contribution in [2.45, 2.75) is 11.4 Å². The Morgan fingerprint density at radius 3 is 2.80 bits per heavy atom. The first-order valence-electron chi connectivity index (χ1n) is 5.90. The number of H-pyrrole nitrogens is 1. The maximum atomic E-state index is 12.3. The predicted molar refractivity (Wildman–Crippen MR) is 75.2 cm³/mol. The summed E-state index contributed by atoms with van der Waals surface area (Å²) in [5.74, 6) is 0.300. The van der Waals surface area contributed by atoms with E-state index in [1.165, 1.54) is 25.6 Å². The first kappa shape index (κ1) is 14.4. The van der Waals surface area contributed by atoms with Crippen LogP contribution in [0.1, 0.15) is 5.56 Å². The molecule has 1 heterocycles. The number of anilines is 1. The van der Waals surface area contributed by atoms with Crippen molar-refractivity contribution in [3.05, 3.63) is 36.2 Å². The van der Waals surface area contributed by atoms with Crippen LogP contribution in [0.2, 0.25) is 0 Å². The number of nitrogens with zero attached hydrogens (tertiary/aromatic N) is 1. The second-order valence-corrected chi connectivity index (χ2v) is 5.76. The van der Waals surface area contributed by atoms with E-state index in [2.05, 4.69) is 20.2 Å². The number of hydrogen-bond donors (Lipinski definition) is 3. The number of ether oxygens (including phenoxy) is 1. The number of nitrogens with one attached hydrogen (secondary N) is 3. The largest absolute Gasteiger partial charge is 0.495 e. The van der Waals surface area contributed by atoms with Gasteiger partial charge in [0.25, 0.3) is 10.0 Å². The van der Waals surface area contributed by atoms with Gasteiger partial charge in [0.1, 0.15) is 10.6 Å². The summed E-state index contributed by atoms with van der Waals surface area (Å²) < 4.78 is 32.2. The molecular formula is C12H16N4O3S. The standard InChI is InChI=1S/C12H16N4O3S/c1-13-6-9-3-4-12(11(5-9)19-2)20(17,18)16-10-7-14-15-8-10/h3-5,7-8,13,16H,6H2,1-2H3,(H,14,15). The fourth-order valence-corrected chi connectivity index (χ4v) is 2.95. The van der Waals surface area contributed by atoms with Crippen LogP contribution >= 0.6 is 0 Å². The fraction of sp³-hybridized carbons (Fsp3) is 0.250. The van der Waals surface area contributed by atoms with E-state index in [1.54, 1.807) is 12.1 Å². The SMILES string of the molecule is CNCc1ccc(S(=O)(=O)Nc2cn[nH]c2)c(OC)c1.